The molecule has 0 saturated carbocycles. The van der Waals surface area contributed by atoms with Gasteiger partial charge < -0.3 is 9.64 Å². The molecule has 0 bridgehead atoms. The summed E-state index contributed by atoms with van der Waals surface area (Å²) in [6, 6.07) is 15.9. The molecule has 5 heteroatoms. The first-order valence-electron chi connectivity index (χ1n) is 8.64. The van der Waals surface area contributed by atoms with Gasteiger partial charge in [-0.3, -0.25) is 4.79 Å². The maximum atomic E-state index is 14.0. The van der Waals surface area contributed by atoms with Crippen LogP contribution in [0, 0.1) is 5.82 Å². The third kappa shape index (κ3) is 3.82. The summed E-state index contributed by atoms with van der Waals surface area (Å²) in [5, 5.41) is 0. The number of benzene rings is 2. The van der Waals surface area contributed by atoms with Gasteiger partial charge in [0.2, 0.25) is 0 Å². The van der Waals surface area contributed by atoms with Gasteiger partial charge in [0.15, 0.2) is 0 Å². The van der Waals surface area contributed by atoms with Crippen molar-refractivity contribution < 1.29 is 18.7 Å². The second kappa shape index (κ2) is 7.99. The molecule has 0 saturated heterocycles. The molecular weight excluding hydrogens is 345 g/mol. The molecule has 0 N–H and O–H groups in total. The van der Waals surface area contributed by atoms with Crippen LogP contribution in [0.5, 0.6) is 0 Å². The van der Waals surface area contributed by atoms with Crippen LogP contribution in [0.2, 0.25) is 0 Å². The number of carbonyl (C=O) groups excluding carboxylic acids is 2. The van der Waals surface area contributed by atoms with Crippen molar-refractivity contribution in [3.05, 3.63) is 88.4 Å². The van der Waals surface area contributed by atoms with Gasteiger partial charge in [-0.2, -0.15) is 0 Å². The van der Waals surface area contributed by atoms with E-state index in [-0.39, 0.29) is 22.6 Å². The van der Waals surface area contributed by atoms with Crippen LogP contribution in [0.25, 0.3) is 6.08 Å². The molecule has 0 fully saturated rings. The minimum atomic E-state index is -0.606. The van der Waals surface area contributed by atoms with E-state index in [1.54, 1.807) is 30.0 Å². The number of nitrogens with zero attached hydrogens (tertiary/aromatic N) is 1. The number of carbonyl (C=O) groups is 2. The van der Waals surface area contributed by atoms with E-state index in [4.69, 9.17) is 4.74 Å². The Labute approximate surface area is 157 Å². The summed E-state index contributed by atoms with van der Waals surface area (Å²) >= 11 is 0. The van der Waals surface area contributed by atoms with Crippen LogP contribution in [0.1, 0.15) is 18.1 Å². The van der Waals surface area contributed by atoms with Gasteiger partial charge in [0, 0.05) is 17.8 Å². The number of ether oxygens (including phenoxy) is 1. The van der Waals surface area contributed by atoms with E-state index in [1.165, 1.54) is 19.3 Å². The zero-order chi connectivity index (χ0) is 19.4. The predicted octanol–water partition coefficient (Wildman–Crippen LogP) is 3.74. The third-order valence-corrected chi connectivity index (χ3v) is 4.57. The minimum Gasteiger partial charge on any atom is -0.465 e. The highest BCUT2D eigenvalue weighted by molar-refractivity contribution is 6.16. The number of hydrogen-bond donors (Lipinski definition) is 0. The maximum absolute atomic E-state index is 14.0. The quantitative estimate of drug-likeness (QED) is 0.599. The van der Waals surface area contributed by atoms with Crippen molar-refractivity contribution in [2.24, 2.45) is 0 Å². The van der Waals surface area contributed by atoms with Crippen molar-refractivity contribution in [2.75, 3.05) is 13.7 Å². The summed E-state index contributed by atoms with van der Waals surface area (Å²) in [5.41, 5.74) is 2.19. The molecule has 138 valence electrons. The molecule has 0 unspecified atom stereocenters. The van der Waals surface area contributed by atoms with Gasteiger partial charge >= 0.3 is 5.97 Å². The summed E-state index contributed by atoms with van der Waals surface area (Å²) < 4.78 is 18.9. The fraction of sp³-hybridized carbons (Fsp3) is 0.182. The minimum absolute atomic E-state index is 0.150. The lowest BCUT2D eigenvalue weighted by Crippen LogP contribution is -2.27. The number of amides is 1. The van der Waals surface area contributed by atoms with Crippen molar-refractivity contribution in [3.63, 3.8) is 0 Å². The van der Waals surface area contributed by atoms with E-state index in [0.717, 1.165) is 5.56 Å². The lowest BCUT2D eigenvalue weighted by Gasteiger charge is -2.17. The van der Waals surface area contributed by atoms with E-state index in [0.29, 0.717) is 18.7 Å². The predicted molar refractivity (Wildman–Crippen MR) is 101 cm³/mol. The van der Waals surface area contributed by atoms with Gasteiger partial charge in [0.1, 0.15) is 5.82 Å². The smallest absolute Gasteiger partial charge is 0.340 e. The number of rotatable bonds is 5. The Balaban J connectivity index is 1.95. The molecule has 0 aromatic heterocycles. The van der Waals surface area contributed by atoms with Gasteiger partial charge in [-0.25, -0.2) is 9.18 Å². The standard InChI is InChI=1S/C22H20FNO3/c1-15-20(22(26)27-2)18(14-17-10-6-7-11-19(17)23)21(25)24(15)13-12-16-8-4-3-5-9-16/h3-11,14H,12-13H2,1-2H3/b18-14-. The van der Waals surface area contributed by atoms with Crippen molar-refractivity contribution in [1.82, 2.24) is 4.90 Å². The first kappa shape index (κ1) is 18.6. The normalized spacial score (nSPS) is 15.6. The summed E-state index contributed by atoms with van der Waals surface area (Å²) in [6.45, 7) is 2.13. The van der Waals surface area contributed by atoms with Crippen molar-refractivity contribution in [2.45, 2.75) is 13.3 Å². The second-order valence-electron chi connectivity index (χ2n) is 6.22. The molecule has 0 atom stereocenters. The number of methoxy groups -OCH3 is 1. The molecule has 0 aliphatic carbocycles. The Hall–Kier alpha value is -3.21. The van der Waals surface area contributed by atoms with Crippen LogP contribution in [0.4, 0.5) is 4.39 Å². The largest absolute Gasteiger partial charge is 0.465 e. The molecule has 0 radical (unpaired) electrons. The summed E-state index contributed by atoms with van der Waals surface area (Å²) in [4.78, 5) is 26.8. The molecule has 2 aromatic carbocycles. The molecule has 4 nitrogen and oxygen atoms in total. The van der Waals surface area contributed by atoms with E-state index in [9.17, 15) is 14.0 Å². The lowest BCUT2D eigenvalue weighted by atomic mass is 10.0. The average Bonchev–Trinajstić information content (AvgIpc) is 2.92. The Kier molecular flexibility index (Phi) is 5.50. The fourth-order valence-electron chi connectivity index (χ4n) is 3.13. The van der Waals surface area contributed by atoms with Gasteiger partial charge in [-0.15, -0.1) is 0 Å². The second-order valence-corrected chi connectivity index (χ2v) is 6.22. The monoisotopic (exact) mass is 365 g/mol. The number of hydrogen-bond acceptors (Lipinski definition) is 3. The highest BCUT2D eigenvalue weighted by atomic mass is 19.1. The molecule has 2 aromatic rings. The van der Waals surface area contributed by atoms with Crippen molar-refractivity contribution in [3.8, 4) is 0 Å². The van der Waals surface area contributed by atoms with Gasteiger partial charge in [-0.1, -0.05) is 48.5 Å². The van der Waals surface area contributed by atoms with Crippen molar-refractivity contribution >= 4 is 18.0 Å². The molecule has 1 heterocycles. The summed E-state index contributed by atoms with van der Waals surface area (Å²) in [5.74, 6) is -1.39. The lowest BCUT2D eigenvalue weighted by molar-refractivity contribution is -0.136. The average molecular weight is 365 g/mol. The topological polar surface area (TPSA) is 46.6 Å². The van der Waals surface area contributed by atoms with Crippen LogP contribution >= 0.6 is 0 Å². The molecule has 1 aliphatic heterocycles. The Bertz CT molecular complexity index is 932. The Morgan fingerprint density at radius 2 is 1.78 bits per heavy atom. The van der Waals surface area contributed by atoms with Crippen LogP contribution < -0.4 is 0 Å². The highest BCUT2D eigenvalue weighted by Crippen LogP contribution is 2.32. The number of halogens is 1. The fourth-order valence-corrected chi connectivity index (χ4v) is 3.13. The van der Waals surface area contributed by atoms with E-state index in [2.05, 4.69) is 0 Å². The maximum Gasteiger partial charge on any atom is 0.340 e. The van der Waals surface area contributed by atoms with Crippen molar-refractivity contribution in [1.29, 1.82) is 0 Å². The molecule has 1 amide bonds. The van der Waals surface area contributed by atoms with Gasteiger partial charge in [0.25, 0.3) is 5.91 Å². The first-order chi connectivity index (χ1) is 13.0. The Morgan fingerprint density at radius 3 is 2.44 bits per heavy atom. The molecule has 1 aliphatic rings. The SMILES string of the molecule is COC(=O)C1=C(C)N(CCc2ccccc2)C(=O)/C1=C\c1ccccc1F. The van der Waals surface area contributed by atoms with E-state index in [1.807, 2.05) is 30.3 Å². The van der Waals surface area contributed by atoms with Crippen LogP contribution in [0.3, 0.4) is 0 Å². The first-order valence-corrected chi connectivity index (χ1v) is 8.64. The van der Waals surface area contributed by atoms with E-state index >= 15 is 0 Å². The third-order valence-electron chi connectivity index (χ3n) is 4.57. The van der Waals surface area contributed by atoms with Gasteiger partial charge in [0.05, 0.1) is 18.3 Å². The summed E-state index contributed by atoms with van der Waals surface area (Å²) in [6.07, 6.45) is 2.06. The zero-order valence-corrected chi connectivity index (χ0v) is 15.2. The molecule has 0 spiro atoms. The number of esters is 1. The summed E-state index contributed by atoms with van der Waals surface area (Å²) in [7, 11) is 1.26. The zero-order valence-electron chi connectivity index (χ0n) is 15.2. The molecule has 27 heavy (non-hydrogen) atoms. The molecule has 3 rings (SSSR count). The van der Waals surface area contributed by atoms with Crippen LogP contribution in [0.15, 0.2) is 71.4 Å². The van der Waals surface area contributed by atoms with Crippen LogP contribution in [-0.4, -0.2) is 30.4 Å². The van der Waals surface area contributed by atoms with Crippen LogP contribution in [-0.2, 0) is 20.7 Å². The highest BCUT2D eigenvalue weighted by Gasteiger charge is 2.36. The number of allylic oxidation sites excluding steroid dienone is 1. The van der Waals surface area contributed by atoms with Gasteiger partial charge in [-0.05, 0) is 31.1 Å². The Morgan fingerprint density at radius 1 is 1.11 bits per heavy atom. The molecular formula is C22H20FNO3. The van der Waals surface area contributed by atoms with E-state index < -0.39 is 11.8 Å².